The summed E-state index contributed by atoms with van der Waals surface area (Å²) in [7, 11) is 0. The van der Waals surface area contributed by atoms with Crippen molar-refractivity contribution < 1.29 is 27.8 Å². The predicted molar refractivity (Wildman–Crippen MR) is 67.1 cm³/mol. The lowest BCUT2D eigenvalue weighted by molar-refractivity contribution is -0.201. The van der Waals surface area contributed by atoms with Crippen LogP contribution in [0.2, 0.25) is 0 Å². The smallest absolute Gasteiger partial charge is 0.351 e. The Labute approximate surface area is 116 Å². The van der Waals surface area contributed by atoms with E-state index in [-0.39, 0.29) is 12.8 Å². The van der Waals surface area contributed by atoms with Gasteiger partial charge < -0.3 is 15.2 Å². The van der Waals surface area contributed by atoms with Gasteiger partial charge in [0.25, 0.3) is 0 Å². The average Bonchev–Trinajstić information content (AvgIpc) is 2.29. The van der Waals surface area contributed by atoms with Gasteiger partial charge in [-0.15, -0.1) is 0 Å². The Morgan fingerprint density at radius 3 is 2.05 bits per heavy atom. The van der Waals surface area contributed by atoms with Gasteiger partial charge in [-0.2, -0.15) is 0 Å². The first-order valence-electron chi connectivity index (χ1n) is 6.53. The molecule has 1 aliphatic rings. The number of esters is 2. The molecule has 0 heterocycles. The van der Waals surface area contributed by atoms with E-state index in [0.717, 1.165) is 0 Å². The van der Waals surface area contributed by atoms with Crippen LogP contribution in [0.5, 0.6) is 0 Å². The lowest BCUT2D eigenvalue weighted by Crippen LogP contribution is -2.51. The Balaban J connectivity index is 2.91. The summed E-state index contributed by atoms with van der Waals surface area (Å²) in [4.78, 5) is 23.6. The highest BCUT2D eigenvalue weighted by Crippen LogP contribution is 2.41. The van der Waals surface area contributed by atoms with Crippen LogP contribution in [-0.4, -0.2) is 35.6 Å². The van der Waals surface area contributed by atoms with Gasteiger partial charge in [0.15, 0.2) is 0 Å². The predicted octanol–water partition coefficient (Wildman–Crippen LogP) is 1.78. The number of nitrogens with two attached hydrogens (primary N) is 1. The summed E-state index contributed by atoms with van der Waals surface area (Å²) < 4.78 is 36.8. The fraction of sp³-hybridized carbons (Fsp3) is 0.846. The number of hydrogen-bond donors (Lipinski definition) is 1. The molecular weight excluding hydrogens is 272 g/mol. The molecule has 5 nitrogen and oxygen atoms in total. The molecule has 0 atom stereocenters. The first-order valence-corrected chi connectivity index (χ1v) is 6.53. The minimum absolute atomic E-state index is 0.263. The fourth-order valence-corrected chi connectivity index (χ4v) is 2.00. The molecule has 7 heteroatoms. The van der Waals surface area contributed by atoms with Crippen LogP contribution in [0.25, 0.3) is 0 Å². The number of rotatable bonds is 3. The third kappa shape index (κ3) is 4.40. The van der Waals surface area contributed by atoms with Gasteiger partial charge in [-0.25, -0.2) is 13.6 Å². The maximum Gasteiger partial charge on any atom is 0.351 e. The highest BCUT2D eigenvalue weighted by atomic mass is 19.3. The summed E-state index contributed by atoms with van der Waals surface area (Å²) in [6, 6.07) is 0. The van der Waals surface area contributed by atoms with Crippen molar-refractivity contribution in [2.75, 3.05) is 6.54 Å². The van der Waals surface area contributed by atoms with E-state index in [2.05, 4.69) is 0 Å². The van der Waals surface area contributed by atoms with E-state index in [9.17, 15) is 18.4 Å². The van der Waals surface area contributed by atoms with E-state index in [1.165, 1.54) is 0 Å². The van der Waals surface area contributed by atoms with Crippen LogP contribution in [0.3, 0.4) is 0 Å². The Morgan fingerprint density at radius 1 is 1.15 bits per heavy atom. The van der Waals surface area contributed by atoms with Gasteiger partial charge in [0.1, 0.15) is 5.60 Å². The van der Waals surface area contributed by atoms with Crippen LogP contribution in [0.4, 0.5) is 8.78 Å². The third-order valence-electron chi connectivity index (χ3n) is 3.04. The van der Waals surface area contributed by atoms with Crippen LogP contribution >= 0.6 is 0 Å². The first kappa shape index (κ1) is 16.8. The van der Waals surface area contributed by atoms with Gasteiger partial charge in [-0.05, 0) is 20.8 Å². The number of carbonyl (C=O) groups is 2. The zero-order valence-corrected chi connectivity index (χ0v) is 12.0. The van der Waals surface area contributed by atoms with Crippen molar-refractivity contribution in [2.24, 2.45) is 5.73 Å². The minimum atomic E-state index is -2.85. The van der Waals surface area contributed by atoms with E-state index < -0.39 is 48.4 Å². The van der Waals surface area contributed by atoms with E-state index in [1.54, 1.807) is 20.8 Å². The van der Waals surface area contributed by atoms with Crippen molar-refractivity contribution in [1.29, 1.82) is 0 Å². The van der Waals surface area contributed by atoms with E-state index >= 15 is 0 Å². The molecular formula is C13H21F2NO4. The monoisotopic (exact) mass is 293 g/mol. The molecule has 0 saturated heterocycles. The molecule has 1 fully saturated rings. The Kier molecular flexibility index (Phi) is 4.74. The third-order valence-corrected chi connectivity index (χ3v) is 3.04. The molecule has 116 valence electrons. The summed E-state index contributed by atoms with van der Waals surface area (Å²) in [6.45, 7) is 4.54. The quantitative estimate of drug-likeness (QED) is 0.802. The molecule has 0 amide bonds. The zero-order valence-electron chi connectivity index (χ0n) is 12.0. The van der Waals surface area contributed by atoms with Gasteiger partial charge in [-0.3, -0.25) is 4.79 Å². The molecule has 20 heavy (non-hydrogen) atoms. The molecule has 2 N–H and O–H groups in total. The minimum Gasteiger partial charge on any atom is -0.457 e. The summed E-state index contributed by atoms with van der Waals surface area (Å²) in [5.74, 6) is -4.44. The van der Waals surface area contributed by atoms with Crippen LogP contribution in [0, 0.1) is 0 Å². The van der Waals surface area contributed by atoms with Crippen LogP contribution in [0.15, 0.2) is 0 Å². The molecule has 1 saturated carbocycles. The van der Waals surface area contributed by atoms with Crippen molar-refractivity contribution in [2.45, 2.75) is 63.6 Å². The molecule has 0 aromatic rings. The summed E-state index contributed by atoms with van der Waals surface area (Å²) in [5.41, 5.74) is 2.71. The molecule has 0 unspecified atom stereocenters. The molecule has 0 aromatic carbocycles. The molecule has 1 aliphatic carbocycles. The summed E-state index contributed by atoms with van der Waals surface area (Å²) in [6.07, 6.45) is -1.57. The second-order valence-electron chi connectivity index (χ2n) is 6.03. The number of carbonyl (C=O) groups excluding carboxylic acids is 2. The maximum atomic E-state index is 13.3. The Bertz CT molecular complexity index is 380. The Morgan fingerprint density at radius 2 is 1.65 bits per heavy atom. The number of ether oxygens (including phenoxy) is 2. The topological polar surface area (TPSA) is 78.6 Å². The lowest BCUT2D eigenvalue weighted by Gasteiger charge is -2.38. The second kappa shape index (κ2) is 5.63. The maximum absolute atomic E-state index is 13.3. The molecule has 0 bridgehead atoms. The van der Waals surface area contributed by atoms with Gasteiger partial charge in [-0.1, -0.05) is 0 Å². The van der Waals surface area contributed by atoms with Gasteiger partial charge >= 0.3 is 11.9 Å². The van der Waals surface area contributed by atoms with Gasteiger partial charge in [0.2, 0.25) is 11.5 Å². The van der Waals surface area contributed by atoms with E-state index in [4.69, 9.17) is 15.2 Å². The van der Waals surface area contributed by atoms with Crippen molar-refractivity contribution in [3.05, 3.63) is 0 Å². The Hall–Kier alpha value is -1.24. The first-order chi connectivity index (χ1) is 9.00. The van der Waals surface area contributed by atoms with Crippen molar-refractivity contribution >= 4 is 11.9 Å². The molecule has 0 radical (unpaired) electrons. The van der Waals surface area contributed by atoms with Crippen LogP contribution in [0.1, 0.15) is 46.5 Å². The number of hydrogen-bond acceptors (Lipinski definition) is 5. The van der Waals surface area contributed by atoms with E-state index in [1.807, 2.05) is 0 Å². The normalized spacial score (nSPS) is 21.1. The highest BCUT2D eigenvalue weighted by molar-refractivity contribution is 5.84. The molecule has 1 rings (SSSR count). The summed E-state index contributed by atoms with van der Waals surface area (Å²) >= 11 is 0. The second-order valence-corrected chi connectivity index (χ2v) is 6.03. The van der Waals surface area contributed by atoms with Gasteiger partial charge in [0, 0.05) is 25.7 Å². The van der Waals surface area contributed by atoms with Crippen molar-refractivity contribution in [3.63, 3.8) is 0 Å². The highest BCUT2D eigenvalue weighted by Gasteiger charge is 2.52. The van der Waals surface area contributed by atoms with Crippen LogP contribution < -0.4 is 5.73 Å². The average molecular weight is 293 g/mol. The van der Waals surface area contributed by atoms with Crippen molar-refractivity contribution in [3.8, 4) is 0 Å². The van der Waals surface area contributed by atoms with Gasteiger partial charge in [0.05, 0.1) is 6.54 Å². The number of halogens is 2. The molecule has 0 aliphatic heterocycles. The summed E-state index contributed by atoms with van der Waals surface area (Å²) in [5, 5.41) is 0. The standard InChI is InChI=1S/C13H21F2NO4/c1-11(2,3)20-10(18)12(19-9(17)8-16)4-6-13(14,15)7-5-12/h4-8,16H2,1-3H3. The molecule has 0 spiro atoms. The fourth-order valence-electron chi connectivity index (χ4n) is 2.00. The lowest BCUT2D eigenvalue weighted by atomic mass is 9.82. The van der Waals surface area contributed by atoms with E-state index in [0.29, 0.717) is 0 Å². The largest absolute Gasteiger partial charge is 0.457 e. The van der Waals surface area contributed by atoms with Crippen LogP contribution in [-0.2, 0) is 19.1 Å². The number of alkyl halides is 2. The SMILES string of the molecule is CC(C)(C)OC(=O)C1(OC(=O)CN)CCC(F)(F)CC1. The zero-order chi connectivity index (χ0) is 15.6. The van der Waals surface area contributed by atoms with Crippen molar-refractivity contribution in [1.82, 2.24) is 0 Å². The molecule has 0 aromatic heterocycles.